The van der Waals surface area contributed by atoms with Crippen molar-refractivity contribution < 1.29 is 4.79 Å². The van der Waals surface area contributed by atoms with E-state index in [9.17, 15) is 4.79 Å². The molecule has 1 aromatic carbocycles. The molecule has 2 aliphatic carbocycles. The van der Waals surface area contributed by atoms with Crippen LogP contribution in [0.4, 0.5) is 5.69 Å². The van der Waals surface area contributed by atoms with Crippen molar-refractivity contribution in [2.75, 3.05) is 24.5 Å². The number of H-pyrrole nitrogens is 1. The van der Waals surface area contributed by atoms with Crippen molar-refractivity contribution in [3.8, 4) is 0 Å². The molecule has 1 amide bonds. The van der Waals surface area contributed by atoms with E-state index in [-0.39, 0.29) is 5.91 Å². The number of piperidine rings is 1. The molecule has 1 N–H and O–H groups in total. The molecule has 3 aliphatic rings. The highest BCUT2D eigenvalue weighted by molar-refractivity contribution is 6.05. The molecule has 1 aromatic heterocycles. The number of carbonyl (C=O) groups excluding carboxylic acids is 1. The molecule has 3 fully saturated rings. The molecule has 4 nitrogen and oxygen atoms in total. The summed E-state index contributed by atoms with van der Waals surface area (Å²) in [5.74, 6) is 1.08. The number of nitrogens with zero attached hydrogens (tertiary/aromatic N) is 2. The molecule has 0 radical (unpaired) electrons. The number of anilines is 1. The lowest BCUT2D eigenvalue weighted by molar-refractivity contribution is 0.0140. The summed E-state index contributed by atoms with van der Waals surface area (Å²) < 4.78 is 0. The third-order valence-corrected chi connectivity index (χ3v) is 6.91. The van der Waals surface area contributed by atoms with E-state index in [4.69, 9.17) is 0 Å². The fourth-order valence-electron chi connectivity index (χ4n) is 5.08. The van der Waals surface area contributed by atoms with E-state index in [1.54, 1.807) is 0 Å². The first-order valence-electron chi connectivity index (χ1n) is 10.5. The number of aromatic amines is 1. The number of aromatic nitrogens is 1. The molecule has 1 spiro atoms. The predicted octanol–water partition coefficient (Wildman–Crippen LogP) is 4.32. The van der Waals surface area contributed by atoms with E-state index in [0.29, 0.717) is 17.2 Å². The van der Waals surface area contributed by atoms with Gasteiger partial charge in [-0.15, -0.1) is 0 Å². The highest BCUT2D eigenvalue weighted by Gasteiger charge is 2.49. The van der Waals surface area contributed by atoms with E-state index in [2.05, 4.69) is 22.0 Å². The van der Waals surface area contributed by atoms with Gasteiger partial charge in [0.1, 0.15) is 5.69 Å². The van der Waals surface area contributed by atoms with E-state index in [0.717, 1.165) is 24.4 Å². The molecule has 2 heterocycles. The van der Waals surface area contributed by atoms with Crippen LogP contribution in [0.1, 0.15) is 49.0 Å². The maximum Gasteiger partial charge on any atom is 0.274 e. The van der Waals surface area contributed by atoms with Crippen molar-refractivity contribution in [3.05, 3.63) is 54.4 Å². The molecule has 0 bridgehead atoms. The van der Waals surface area contributed by atoms with Gasteiger partial charge < -0.3 is 14.8 Å². The average molecular weight is 364 g/mol. The predicted molar refractivity (Wildman–Crippen MR) is 108 cm³/mol. The van der Waals surface area contributed by atoms with Crippen molar-refractivity contribution in [2.45, 2.75) is 44.6 Å². The summed E-state index contributed by atoms with van der Waals surface area (Å²) in [6.07, 6.45) is 9.60. The molecule has 4 heteroatoms. The van der Waals surface area contributed by atoms with Gasteiger partial charge in [0.15, 0.2) is 0 Å². The van der Waals surface area contributed by atoms with Crippen LogP contribution < -0.4 is 4.90 Å². The van der Waals surface area contributed by atoms with Crippen molar-refractivity contribution in [1.29, 1.82) is 0 Å². The number of rotatable bonds is 5. The zero-order chi connectivity index (χ0) is 18.3. The molecule has 27 heavy (non-hydrogen) atoms. The molecule has 0 unspecified atom stereocenters. The Hall–Kier alpha value is -2.07. The van der Waals surface area contributed by atoms with Crippen molar-refractivity contribution in [1.82, 2.24) is 9.88 Å². The van der Waals surface area contributed by atoms with Gasteiger partial charge in [-0.2, -0.15) is 0 Å². The summed E-state index contributed by atoms with van der Waals surface area (Å²) in [4.78, 5) is 21.0. The number of carbonyl (C=O) groups is 1. The number of amides is 1. The summed E-state index contributed by atoms with van der Waals surface area (Å²) in [5, 5.41) is 0. The van der Waals surface area contributed by atoms with Gasteiger partial charge in [0.25, 0.3) is 5.91 Å². The van der Waals surface area contributed by atoms with Crippen LogP contribution in [-0.2, 0) is 0 Å². The highest BCUT2D eigenvalue weighted by Crippen LogP contribution is 2.52. The number of likely N-dealkylation sites (tertiary alicyclic amines) is 1. The Morgan fingerprint density at radius 1 is 1.07 bits per heavy atom. The number of nitrogens with one attached hydrogen (secondary N) is 1. The molecule has 2 saturated carbocycles. The molecule has 0 atom stereocenters. The van der Waals surface area contributed by atoms with Crippen LogP contribution in [0.5, 0.6) is 0 Å². The minimum Gasteiger partial charge on any atom is -0.357 e. The minimum atomic E-state index is 0.0946. The Morgan fingerprint density at radius 2 is 1.81 bits per heavy atom. The molecular formula is C23H29N3O. The van der Waals surface area contributed by atoms with Crippen LogP contribution in [0.25, 0.3) is 0 Å². The number of hydrogen-bond acceptors (Lipinski definition) is 2. The fraction of sp³-hybridized carbons (Fsp3) is 0.522. The SMILES string of the molecule is O=C(c1ccc[nH]1)N(c1ccccc1)C1CC2(CCN(CC3CC3)CC2)C1. The normalized spacial score (nSPS) is 22.5. The maximum atomic E-state index is 13.2. The second kappa shape index (κ2) is 6.83. The smallest absolute Gasteiger partial charge is 0.274 e. The van der Waals surface area contributed by atoms with E-state index in [1.165, 1.54) is 45.3 Å². The first-order valence-corrected chi connectivity index (χ1v) is 10.5. The summed E-state index contributed by atoms with van der Waals surface area (Å²) in [6.45, 7) is 3.82. The Bertz CT molecular complexity index is 765. The monoisotopic (exact) mass is 363 g/mol. The van der Waals surface area contributed by atoms with Gasteiger partial charge in [0.2, 0.25) is 0 Å². The summed E-state index contributed by atoms with van der Waals surface area (Å²) in [6, 6.07) is 14.3. The second-order valence-electron chi connectivity index (χ2n) is 8.90. The van der Waals surface area contributed by atoms with Crippen LogP contribution in [0, 0.1) is 11.3 Å². The Labute approximate surface area is 161 Å². The molecule has 142 valence electrons. The Kier molecular flexibility index (Phi) is 4.31. The molecule has 5 rings (SSSR count). The van der Waals surface area contributed by atoms with Gasteiger partial charge in [-0.1, -0.05) is 18.2 Å². The zero-order valence-corrected chi connectivity index (χ0v) is 15.9. The Balaban J connectivity index is 1.28. The summed E-state index contributed by atoms with van der Waals surface area (Å²) in [5.41, 5.74) is 2.16. The largest absolute Gasteiger partial charge is 0.357 e. The van der Waals surface area contributed by atoms with Crippen molar-refractivity contribution in [2.24, 2.45) is 11.3 Å². The van der Waals surface area contributed by atoms with Crippen LogP contribution in [0.2, 0.25) is 0 Å². The third-order valence-electron chi connectivity index (χ3n) is 6.91. The van der Waals surface area contributed by atoms with E-state index >= 15 is 0 Å². The van der Waals surface area contributed by atoms with Gasteiger partial charge in [-0.3, -0.25) is 4.79 Å². The average Bonchev–Trinajstić information content (AvgIpc) is 3.31. The van der Waals surface area contributed by atoms with Crippen LogP contribution in [-0.4, -0.2) is 41.5 Å². The quantitative estimate of drug-likeness (QED) is 0.859. The standard InChI is InChI=1S/C23H29N3O/c27-22(21-7-4-12-24-21)26(19-5-2-1-3-6-19)20-15-23(16-20)10-13-25(14-11-23)17-18-8-9-18/h1-7,12,18,20,24H,8-11,13-17H2. The topological polar surface area (TPSA) is 39.3 Å². The minimum absolute atomic E-state index is 0.0946. The van der Waals surface area contributed by atoms with Gasteiger partial charge >= 0.3 is 0 Å². The molecular weight excluding hydrogens is 334 g/mol. The lowest BCUT2D eigenvalue weighted by atomic mass is 9.60. The van der Waals surface area contributed by atoms with Gasteiger partial charge in [-0.05, 0) is 87.2 Å². The molecule has 1 saturated heterocycles. The van der Waals surface area contributed by atoms with Crippen LogP contribution in [0.3, 0.4) is 0 Å². The van der Waals surface area contributed by atoms with Gasteiger partial charge in [-0.25, -0.2) is 0 Å². The van der Waals surface area contributed by atoms with Crippen LogP contribution >= 0.6 is 0 Å². The summed E-state index contributed by atoms with van der Waals surface area (Å²) >= 11 is 0. The first-order chi connectivity index (χ1) is 13.2. The molecule has 2 aromatic rings. The number of para-hydroxylation sites is 1. The van der Waals surface area contributed by atoms with Gasteiger partial charge in [0.05, 0.1) is 0 Å². The second-order valence-corrected chi connectivity index (χ2v) is 8.90. The van der Waals surface area contributed by atoms with Crippen molar-refractivity contribution in [3.63, 3.8) is 0 Å². The maximum absolute atomic E-state index is 13.2. The molecule has 1 aliphatic heterocycles. The Morgan fingerprint density at radius 3 is 2.44 bits per heavy atom. The third kappa shape index (κ3) is 3.43. The number of benzene rings is 1. The summed E-state index contributed by atoms with van der Waals surface area (Å²) in [7, 11) is 0. The lowest BCUT2D eigenvalue weighted by Gasteiger charge is -2.55. The highest BCUT2D eigenvalue weighted by atomic mass is 16.2. The first kappa shape index (κ1) is 17.1. The number of hydrogen-bond donors (Lipinski definition) is 1. The van der Waals surface area contributed by atoms with Crippen molar-refractivity contribution >= 4 is 11.6 Å². The zero-order valence-electron chi connectivity index (χ0n) is 15.9. The van der Waals surface area contributed by atoms with Gasteiger partial charge in [0, 0.05) is 24.5 Å². The fourth-order valence-corrected chi connectivity index (χ4v) is 5.08. The van der Waals surface area contributed by atoms with E-state index in [1.807, 2.05) is 41.4 Å². The lowest BCUT2D eigenvalue weighted by Crippen LogP contribution is -2.56. The van der Waals surface area contributed by atoms with Crippen LogP contribution in [0.15, 0.2) is 48.7 Å². The van der Waals surface area contributed by atoms with E-state index < -0.39 is 0 Å².